The first-order valence-corrected chi connectivity index (χ1v) is 8.80. The molecule has 0 radical (unpaired) electrons. The topological polar surface area (TPSA) is 53.5 Å². The minimum absolute atomic E-state index is 0.000448. The van der Waals surface area contributed by atoms with Gasteiger partial charge in [0.15, 0.2) is 10.8 Å². The molecule has 1 aromatic rings. The van der Waals surface area contributed by atoms with E-state index in [-0.39, 0.29) is 11.7 Å². The van der Waals surface area contributed by atoms with Gasteiger partial charge in [-0.15, -0.1) is 11.3 Å². The minimum Gasteiger partial charge on any atom is -0.335 e. The van der Waals surface area contributed by atoms with Crippen molar-refractivity contribution in [2.45, 2.75) is 6.92 Å². The number of Topliss-reactive ketones (excluding diaryl/α,β-unsaturated/α-hetero) is 1. The zero-order valence-corrected chi connectivity index (χ0v) is 13.4. The fourth-order valence-corrected chi connectivity index (χ4v) is 3.31. The Morgan fingerprint density at radius 1 is 1.35 bits per heavy atom. The number of carbonyl (C=O) groups excluding carboxylic acids is 2. The van der Waals surface area contributed by atoms with Crippen molar-refractivity contribution in [2.75, 3.05) is 44.7 Å². The molecule has 1 aromatic heterocycles. The second-order valence-corrected chi connectivity index (χ2v) is 6.73. The van der Waals surface area contributed by atoms with Crippen LogP contribution in [0.3, 0.4) is 0 Å². The molecule has 1 aliphatic rings. The van der Waals surface area contributed by atoms with Crippen molar-refractivity contribution in [3.63, 3.8) is 0 Å². The number of thiazole rings is 1. The SMILES string of the molecule is CSCCN1CCN(C(=O)c2cnc(C(C)=O)s2)CC1. The number of ketones is 1. The van der Waals surface area contributed by atoms with Crippen LogP contribution in [-0.2, 0) is 0 Å². The molecule has 20 heavy (non-hydrogen) atoms. The molecule has 5 nitrogen and oxygen atoms in total. The Kier molecular flexibility index (Phi) is 5.56. The van der Waals surface area contributed by atoms with Crippen LogP contribution in [0.15, 0.2) is 6.20 Å². The largest absolute Gasteiger partial charge is 0.335 e. The van der Waals surface area contributed by atoms with Crippen molar-refractivity contribution in [3.05, 3.63) is 16.1 Å². The first-order chi connectivity index (χ1) is 9.61. The Labute approximate surface area is 127 Å². The Morgan fingerprint density at radius 2 is 2.05 bits per heavy atom. The fourth-order valence-electron chi connectivity index (χ4n) is 2.09. The molecule has 2 heterocycles. The third-order valence-corrected chi connectivity index (χ3v) is 4.97. The zero-order chi connectivity index (χ0) is 14.5. The molecule has 0 bridgehead atoms. The summed E-state index contributed by atoms with van der Waals surface area (Å²) in [5.74, 6) is 1.04. The van der Waals surface area contributed by atoms with Crippen LogP contribution in [-0.4, -0.2) is 71.2 Å². The van der Waals surface area contributed by atoms with Gasteiger partial charge in [0, 0.05) is 45.4 Å². The number of hydrogen-bond donors (Lipinski definition) is 0. The maximum absolute atomic E-state index is 12.3. The molecule has 0 aliphatic carbocycles. The quantitative estimate of drug-likeness (QED) is 0.771. The van der Waals surface area contributed by atoms with E-state index in [1.54, 1.807) is 0 Å². The average Bonchev–Trinajstić information content (AvgIpc) is 2.95. The molecule has 1 aliphatic heterocycles. The smallest absolute Gasteiger partial charge is 0.265 e. The maximum atomic E-state index is 12.3. The van der Waals surface area contributed by atoms with Crippen LogP contribution in [0, 0.1) is 0 Å². The van der Waals surface area contributed by atoms with Crippen LogP contribution in [0.4, 0.5) is 0 Å². The second-order valence-electron chi connectivity index (χ2n) is 4.71. The first-order valence-electron chi connectivity index (χ1n) is 6.59. The lowest BCUT2D eigenvalue weighted by molar-refractivity contribution is 0.0649. The Morgan fingerprint density at radius 3 is 2.60 bits per heavy atom. The third kappa shape index (κ3) is 3.80. The fraction of sp³-hybridized carbons (Fsp3) is 0.615. The summed E-state index contributed by atoms with van der Waals surface area (Å²) >= 11 is 3.03. The van der Waals surface area contributed by atoms with E-state index in [1.165, 1.54) is 24.5 Å². The number of hydrogen-bond acceptors (Lipinski definition) is 6. The van der Waals surface area contributed by atoms with Gasteiger partial charge in [-0.25, -0.2) is 4.98 Å². The monoisotopic (exact) mass is 313 g/mol. The molecule has 0 unspecified atom stereocenters. The summed E-state index contributed by atoms with van der Waals surface area (Å²) in [6.45, 7) is 5.90. The summed E-state index contributed by atoms with van der Waals surface area (Å²) in [6.07, 6.45) is 3.63. The van der Waals surface area contributed by atoms with Crippen molar-refractivity contribution >= 4 is 34.8 Å². The van der Waals surface area contributed by atoms with Crippen LogP contribution >= 0.6 is 23.1 Å². The Bertz CT molecular complexity index is 482. The summed E-state index contributed by atoms with van der Waals surface area (Å²) in [5, 5.41) is 0.409. The molecule has 1 saturated heterocycles. The molecule has 0 atom stereocenters. The minimum atomic E-state index is -0.0871. The molecule has 110 valence electrons. The highest BCUT2D eigenvalue weighted by molar-refractivity contribution is 7.98. The van der Waals surface area contributed by atoms with E-state index in [0.29, 0.717) is 9.88 Å². The number of carbonyl (C=O) groups is 2. The lowest BCUT2D eigenvalue weighted by atomic mass is 10.3. The van der Waals surface area contributed by atoms with Crippen molar-refractivity contribution < 1.29 is 9.59 Å². The Hall–Kier alpha value is -0.920. The average molecular weight is 313 g/mol. The highest BCUT2D eigenvalue weighted by Crippen LogP contribution is 2.17. The summed E-state index contributed by atoms with van der Waals surface area (Å²) in [4.78, 5) is 32.3. The number of thioether (sulfide) groups is 1. The number of nitrogens with zero attached hydrogens (tertiary/aromatic N) is 3. The maximum Gasteiger partial charge on any atom is 0.265 e. The van der Waals surface area contributed by atoms with Gasteiger partial charge in [0.1, 0.15) is 4.88 Å². The van der Waals surface area contributed by atoms with Gasteiger partial charge in [-0.1, -0.05) is 0 Å². The second kappa shape index (κ2) is 7.19. The predicted octanol–water partition coefficient (Wildman–Crippen LogP) is 1.47. The van der Waals surface area contributed by atoms with E-state index in [1.807, 2.05) is 16.7 Å². The van der Waals surface area contributed by atoms with Gasteiger partial charge >= 0.3 is 0 Å². The normalized spacial score (nSPS) is 16.4. The number of aromatic nitrogens is 1. The van der Waals surface area contributed by atoms with Crippen LogP contribution in [0.5, 0.6) is 0 Å². The number of rotatable bonds is 5. The van der Waals surface area contributed by atoms with Gasteiger partial charge in [-0.2, -0.15) is 11.8 Å². The molecule has 2 rings (SSSR count). The molecule has 0 spiro atoms. The van der Waals surface area contributed by atoms with E-state index < -0.39 is 0 Å². The van der Waals surface area contributed by atoms with Crippen molar-refractivity contribution in [1.29, 1.82) is 0 Å². The standard InChI is InChI=1S/C13H19N3O2S2/c1-10(17)12-14-9-11(20-12)13(18)16-5-3-15(4-6-16)7-8-19-2/h9H,3-8H2,1-2H3. The van der Waals surface area contributed by atoms with E-state index in [9.17, 15) is 9.59 Å². The van der Waals surface area contributed by atoms with E-state index in [0.717, 1.165) is 38.5 Å². The zero-order valence-electron chi connectivity index (χ0n) is 11.8. The lowest BCUT2D eigenvalue weighted by Gasteiger charge is -2.34. The van der Waals surface area contributed by atoms with Gasteiger partial charge in [0.05, 0.1) is 6.20 Å². The van der Waals surface area contributed by atoms with Crippen LogP contribution in [0.2, 0.25) is 0 Å². The molecule has 1 fully saturated rings. The summed E-state index contributed by atoms with van der Waals surface area (Å²) in [6, 6.07) is 0. The highest BCUT2D eigenvalue weighted by Gasteiger charge is 2.23. The Balaban J connectivity index is 1.89. The molecule has 7 heteroatoms. The summed E-state index contributed by atoms with van der Waals surface area (Å²) < 4.78 is 0. The van der Waals surface area contributed by atoms with E-state index in [4.69, 9.17) is 0 Å². The van der Waals surface area contributed by atoms with Crippen molar-refractivity contribution in [1.82, 2.24) is 14.8 Å². The number of amides is 1. The molecule has 0 aromatic carbocycles. The molecular formula is C13H19N3O2S2. The highest BCUT2D eigenvalue weighted by atomic mass is 32.2. The van der Waals surface area contributed by atoms with Gasteiger partial charge in [0.25, 0.3) is 5.91 Å². The molecular weight excluding hydrogens is 294 g/mol. The van der Waals surface area contributed by atoms with Crippen LogP contribution < -0.4 is 0 Å². The third-order valence-electron chi connectivity index (χ3n) is 3.29. The number of piperazine rings is 1. The van der Waals surface area contributed by atoms with Crippen LogP contribution in [0.25, 0.3) is 0 Å². The van der Waals surface area contributed by atoms with E-state index >= 15 is 0 Å². The lowest BCUT2D eigenvalue weighted by Crippen LogP contribution is -2.49. The first kappa shape index (κ1) is 15.5. The molecule has 0 saturated carbocycles. The predicted molar refractivity (Wildman–Crippen MR) is 82.8 cm³/mol. The van der Waals surface area contributed by atoms with Gasteiger partial charge in [-0.3, -0.25) is 14.5 Å². The van der Waals surface area contributed by atoms with Crippen molar-refractivity contribution in [2.24, 2.45) is 0 Å². The summed E-state index contributed by atoms with van der Waals surface area (Å²) in [5.41, 5.74) is 0. The van der Waals surface area contributed by atoms with Gasteiger partial charge < -0.3 is 4.90 Å². The van der Waals surface area contributed by atoms with E-state index in [2.05, 4.69) is 16.1 Å². The van der Waals surface area contributed by atoms with Gasteiger partial charge in [0.2, 0.25) is 0 Å². The van der Waals surface area contributed by atoms with Crippen LogP contribution in [0.1, 0.15) is 26.4 Å². The van der Waals surface area contributed by atoms with Crippen molar-refractivity contribution in [3.8, 4) is 0 Å². The molecule has 0 N–H and O–H groups in total. The summed E-state index contributed by atoms with van der Waals surface area (Å²) in [7, 11) is 0. The van der Waals surface area contributed by atoms with Gasteiger partial charge in [-0.05, 0) is 6.26 Å². The molecule has 1 amide bonds.